The van der Waals surface area contributed by atoms with Crippen LogP contribution >= 0.6 is 0 Å². The largest absolute Gasteiger partial charge is 0.550 e. The van der Waals surface area contributed by atoms with Crippen LogP contribution in [0.25, 0.3) is 11.0 Å². The van der Waals surface area contributed by atoms with Crippen molar-refractivity contribution in [3.05, 3.63) is 45.8 Å². The molecule has 0 spiro atoms. The second-order valence-electron chi connectivity index (χ2n) is 3.65. The van der Waals surface area contributed by atoms with E-state index in [-0.39, 0.29) is 5.56 Å². The van der Waals surface area contributed by atoms with Crippen molar-refractivity contribution in [3.63, 3.8) is 0 Å². The number of rotatable bonds is 2. The average molecular weight is 217 g/mol. The number of carbonyl (C=O) groups excluding carboxylic acids is 1. The maximum absolute atomic E-state index is 11.4. The third kappa shape index (κ3) is 1.95. The van der Waals surface area contributed by atoms with Crippen LogP contribution in [-0.2, 0) is 11.2 Å². The first kappa shape index (κ1) is 10.4. The number of carbonyl (C=O) groups is 1. The van der Waals surface area contributed by atoms with Crippen molar-refractivity contribution < 1.29 is 14.3 Å². The van der Waals surface area contributed by atoms with Crippen LogP contribution in [0, 0.1) is 6.92 Å². The average Bonchev–Trinajstić information content (AvgIpc) is 2.19. The first-order valence-corrected chi connectivity index (χ1v) is 4.79. The first-order valence-electron chi connectivity index (χ1n) is 4.79. The van der Waals surface area contributed by atoms with Crippen molar-refractivity contribution >= 4 is 16.9 Å². The molecule has 2 rings (SSSR count). The Kier molecular flexibility index (Phi) is 2.48. The molecule has 0 saturated heterocycles. The van der Waals surface area contributed by atoms with Gasteiger partial charge in [0.15, 0.2) is 0 Å². The van der Waals surface area contributed by atoms with Crippen molar-refractivity contribution in [2.24, 2.45) is 0 Å². The van der Waals surface area contributed by atoms with Crippen LogP contribution in [0.5, 0.6) is 0 Å². The Morgan fingerprint density at radius 3 is 2.81 bits per heavy atom. The van der Waals surface area contributed by atoms with E-state index in [9.17, 15) is 14.7 Å². The summed E-state index contributed by atoms with van der Waals surface area (Å²) in [6.07, 6.45) is -0.424. The molecule has 2 aromatic rings. The molecule has 0 aliphatic heterocycles. The van der Waals surface area contributed by atoms with E-state index in [4.69, 9.17) is 4.42 Å². The molecule has 0 amide bonds. The van der Waals surface area contributed by atoms with Crippen LogP contribution in [0.1, 0.15) is 11.1 Å². The van der Waals surface area contributed by atoms with E-state index < -0.39 is 18.0 Å². The molecule has 0 N–H and O–H groups in total. The lowest BCUT2D eigenvalue weighted by Gasteiger charge is -2.03. The van der Waals surface area contributed by atoms with Gasteiger partial charge in [-0.25, -0.2) is 4.79 Å². The summed E-state index contributed by atoms with van der Waals surface area (Å²) in [5.41, 5.74) is 0.925. The predicted octanol–water partition coefficient (Wildman–Crippen LogP) is 0.394. The maximum atomic E-state index is 11.4. The number of benzene rings is 1. The van der Waals surface area contributed by atoms with Crippen LogP contribution in [0.4, 0.5) is 0 Å². The van der Waals surface area contributed by atoms with E-state index in [1.165, 1.54) is 6.07 Å². The van der Waals surface area contributed by atoms with E-state index in [2.05, 4.69) is 0 Å². The van der Waals surface area contributed by atoms with Crippen molar-refractivity contribution in [2.75, 3.05) is 0 Å². The van der Waals surface area contributed by atoms with Gasteiger partial charge in [-0.05, 0) is 24.6 Å². The molecular formula is C12H9O4-. The quantitative estimate of drug-likeness (QED) is 0.682. The second kappa shape index (κ2) is 3.81. The van der Waals surface area contributed by atoms with E-state index >= 15 is 0 Å². The highest BCUT2D eigenvalue weighted by molar-refractivity contribution is 5.79. The molecule has 82 valence electrons. The number of hydrogen-bond donors (Lipinski definition) is 0. The number of aliphatic carboxylic acids is 1. The van der Waals surface area contributed by atoms with Gasteiger partial charge < -0.3 is 14.3 Å². The zero-order valence-electron chi connectivity index (χ0n) is 8.65. The lowest BCUT2D eigenvalue weighted by Crippen LogP contribution is -2.26. The molecule has 0 saturated carbocycles. The molecule has 1 aromatic carbocycles. The van der Waals surface area contributed by atoms with E-state index in [0.717, 1.165) is 5.56 Å². The topological polar surface area (TPSA) is 70.3 Å². The van der Waals surface area contributed by atoms with Gasteiger partial charge in [-0.2, -0.15) is 0 Å². The summed E-state index contributed by atoms with van der Waals surface area (Å²) >= 11 is 0. The fourth-order valence-corrected chi connectivity index (χ4v) is 1.54. The second-order valence-corrected chi connectivity index (χ2v) is 3.65. The first-order chi connectivity index (χ1) is 7.56. The standard InChI is InChI=1S/C12H10O4/c1-7-2-3-8-5-9(6-11(13)14)12(15)16-10(8)4-7/h2-5H,6H2,1H3,(H,13,14)/p-1. The zero-order valence-corrected chi connectivity index (χ0v) is 8.65. The fraction of sp³-hybridized carbons (Fsp3) is 0.167. The minimum Gasteiger partial charge on any atom is -0.550 e. The highest BCUT2D eigenvalue weighted by Crippen LogP contribution is 2.15. The van der Waals surface area contributed by atoms with Gasteiger partial charge in [-0.3, -0.25) is 0 Å². The molecule has 0 unspecified atom stereocenters. The molecule has 0 aliphatic rings. The molecule has 1 aromatic heterocycles. The SMILES string of the molecule is Cc1ccc2cc(CC(=O)[O-])c(=O)oc2c1. The highest BCUT2D eigenvalue weighted by atomic mass is 16.4. The number of fused-ring (bicyclic) bond motifs is 1. The summed E-state index contributed by atoms with van der Waals surface area (Å²) in [6.45, 7) is 1.88. The summed E-state index contributed by atoms with van der Waals surface area (Å²) < 4.78 is 5.03. The predicted molar refractivity (Wildman–Crippen MR) is 55.9 cm³/mol. The molecule has 0 atom stereocenters. The van der Waals surface area contributed by atoms with Crippen LogP contribution in [-0.4, -0.2) is 5.97 Å². The molecular weight excluding hydrogens is 208 g/mol. The maximum Gasteiger partial charge on any atom is 0.339 e. The molecule has 16 heavy (non-hydrogen) atoms. The number of hydrogen-bond acceptors (Lipinski definition) is 4. The Balaban J connectivity index is 2.63. The van der Waals surface area contributed by atoms with E-state index in [0.29, 0.717) is 11.0 Å². The summed E-state index contributed by atoms with van der Waals surface area (Å²) in [6, 6.07) is 6.91. The fourth-order valence-electron chi connectivity index (χ4n) is 1.54. The van der Waals surface area contributed by atoms with Gasteiger partial charge in [0.1, 0.15) is 5.58 Å². The Hall–Kier alpha value is -2.10. The number of aryl methyl sites for hydroxylation is 1. The summed E-state index contributed by atoms with van der Waals surface area (Å²) in [4.78, 5) is 21.8. The third-order valence-electron chi connectivity index (χ3n) is 2.30. The Morgan fingerprint density at radius 2 is 2.12 bits per heavy atom. The minimum absolute atomic E-state index is 0.108. The molecule has 0 fully saturated rings. The van der Waals surface area contributed by atoms with Gasteiger partial charge in [-0.15, -0.1) is 0 Å². The molecule has 0 aliphatic carbocycles. The Labute approximate surface area is 91.1 Å². The van der Waals surface area contributed by atoms with Crippen molar-refractivity contribution in [2.45, 2.75) is 13.3 Å². The molecule has 4 heteroatoms. The summed E-state index contributed by atoms with van der Waals surface area (Å²) in [5.74, 6) is -1.29. The smallest absolute Gasteiger partial charge is 0.339 e. The molecule has 0 bridgehead atoms. The number of carboxylic acid groups (broad SMARTS) is 1. The van der Waals surface area contributed by atoms with Crippen LogP contribution < -0.4 is 10.7 Å². The van der Waals surface area contributed by atoms with Crippen LogP contribution in [0.15, 0.2) is 33.5 Å². The lowest BCUT2D eigenvalue weighted by molar-refractivity contribution is -0.304. The normalized spacial score (nSPS) is 10.6. The van der Waals surface area contributed by atoms with Gasteiger partial charge in [0.05, 0.1) is 0 Å². The van der Waals surface area contributed by atoms with E-state index in [1.54, 1.807) is 12.1 Å². The highest BCUT2D eigenvalue weighted by Gasteiger charge is 2.05. The van der Waals surface area contributed by atoms with Gasteiger partial charge >= 0.3 is 5.63 Å². The van der Waals surface area contributed by atoms with Gasteiger partial charge in [0.25, 0.3) is 0 Å². The van der Waals surface area contributed by atoms with Crippen molar-refractivity contribution in [3.8, 4) is 0 Å². The van der Waals surface area contributed by atoms with Gasteiger partial charge in [0.2, 0.25) is 0 Å². The molecule has 1 heterocycles. The van der Waals surface area contributed by atoms with Crippen LogP contribution in [0.3, 0.4) is 0 Å². The Bertz CT molecular complexity index is 610. The number of carboxylic acids is 1. The third-order valence-corrected chi connectivity index (χ3v) is 2.30. The van der Waals surface area contributed by atoms with E-state index in [1.807, 2.05) is 13.0 Å². The van der Waals surface area contributed by atoms with Gasteiger partial charge in [-0.1, -0.05) is 12.1 Å². The van der Waals surface area contributed by atoms with Crippen molar-refractivity contribution in [1.29, 1.82) is 0 Å². The van der Waals surface area contributed by atoms with Crippen LogP contribution in [0.2, 0.25) is 0 Å². The minimum atomic E-state index is -1.29. The summed E-state index contributed by atoms with van der Waals surface area (Å²) in [7, 11) is 0. The Morgan fingerprint density at radius 1 is 1.38 bits per heavy atom. The summed E-state index contributed by atoms with van der Waals surface area (Å²) in [5, 5.41) is 11.1. The van der Waals surface area contributed by atoms with Gasteiger partial charge in [0, 0.05) is 23.3 Å². The van der Waals surface area contributed by atoms with Crippen molar-refractivity contribution in [1.82, 2.24) is 0 Å². The monoisotopic (exact) mass is 217 g/mol. The molecule has 4 nitrogen and oxygen atoms in total. The molecule has 0 radical (unpaired) electrons. The zero-order chi connectivity index (χ0) is 11.7. The lowest BCUT2D eigenvalue weighted by atomic mass is 10.1.